The molecule has 0 spiro atoms. The minimum absolute atomic E-state index is 0.0235. The summed E-state index contributed by atoms with van der Waals surface area (Å²) in [6.07, 6.45) is -0.0235. The van der Waals surface area contributed by atoms with E-state index in [9.17, 15) is 0 Å². The van der Waals surface area contributed by atoms with Gasteiger partial charge in [0.1, 0.15) is 0 Å². The van der Waals surface area contributed by atoms with Gasteiger partial charge in [-0.3, -0.25) is 0 Å². The minimum Gasteiger partial charge on any atom is -0.0115 e. The molecule has 0 aliphatic carbocycles. The van der Waals surface area contributed by atoms with Crippen LogP contribution in [0.4, 0.5) is 0 Å². The lowest BCUT2D eigenvalue weighted by Crippen LogP contribution is -2.52. The Kier molecular flexibility index (Phi) is 5.79. The summed E-state index contributed by atoms with van der Waals surface area (Å²) in [5.74, 6) is 0. The van der Waals surface area contributed by atoms with Crippen LogP contribution in [0.5, 0.6) is 0 Å². The lowest BCUT2D eigenvalue weighted by Gasteiger charge is -2.14. The molecule has 0 fully saturated rings. The van der Waals surface area contributed by atoms with Gasteiger partial charge in [0, 0.05) is 0 Å². The summed E-state index contributed by atoms with van der Waals surface area (Å²) in [6.45, 7) is 0. The Morgan fingerprint density at radius 3 is 1.67 bits per heavy atom. The summed E-state index contributed by atoms with van der Waals surface area (Å²) in [7, 11) is 10.6. The second kappa shape index (κ2) is 4.75. The number of hydrogen-bond acceptors (Lipinski definition) is 0. The second-order valence-electron chi connectivity index (χ2n) is 4.49. The monoisotopic (exact) mass is 272 g/mol. The molecule has 56 valence electrons. The van der Waals surface area contributed by atoms with Crippen molar-refractivity contribution in [3.8, 4) is 0 Å². The molecule has 0 saturated carbocycles. The maximum Gasteiger partial charge on any atom is -0.00631 e. The van der Waals surface area contributed by atoms with Crippen LogP contribution in [0.3, 0.4) is 0 Å². The Hall–Kier alpha value is 1.95. The zero-order chi connectivity index (χ0) is 7.49. The Morgan fingerprint density at radius 2 is 1.56 bits per heavy atom. The third kappa shape index (κ3) is 9.95. The maximum absolute atomic E-state index is 1.75. The van der Waals surface area contributed by atoms with Gasteiger partial charge in [-0.2, -0.15) is 0 Å². The number of rotatable bonds is 3. The minimum atomic E-state index is -0.0235. The molecular formula is H20Si9. The van der Waals surface area contributed by atoms with E-state index < -0.39 is 0 Å². The van der Waals surface area contributed by atoms with Gasteiger partial charge < -0.3 is 0 Å². The topological polar surface area (TPSA) is 0 Å². The predicted molar refractivity (Wildman–Crippen MR) is 79.7 cm³/mol. The highest BCUT2D eigenvalue weighted by atomic mass is 30.2. The van der Waals surface area contributed by atoms with Crippen LogP contribution in [0.15, 0.2) is 0 Å². The van der Waals surface area contributed by atoms with E-state index in [1.807, 2.05) is 0 Å². The first-order valence-corrected chi connectivity index (χ1v) is 35.2. The average Bonchev–Trinajstić information content (AvgIpc) is 1.59. The highest BCUT2D eigenvalue weighted by Gasteiger charge is 2.13. The van der Waals surface area contributed by atoms with E-state index in [0.29, 0.717) is 7.35 Å². The van der Waals surface area contributed by atoms with Gasteiger partial charge in [0.25, 0.3) is 0 Å². The van der Waals surface area contributed by atoms with Crippen molar-refractivity contribution in [1.82, 2.24) is 0 Å². The molecule has 0 nitrogen and oxygen atoms in total. The summed E-state index contributed by atoms with van der Waals surface area (Å²) >= 11 is 0. The Morgan fingerprint density at radius 1 is 1.11 bits per heavy atom. The summed E-state index contributed by atoms with van der Waals surface area (Å²) < 4.78 is 0. The third-order valence-electron chi connectivity index (χ3n) is 1.47. The predicted octanol–water partition coefficient (Wildman–Crippen LogP) is -8.78. The highest BCUT2D eigenvalue weighted by Crippen LogP contribution is 1.76. The Labute approximate surface area is 79.0 Å². The molecule has 0 heterocycles. The van der Waals surface area contributed by atoms with Crippen molar-refractivity contribution in [2.24, 2.45) is 0 Å². The van der Waals surface area contributed by atoms with Crippen molar-refractivity contribution in [1.29, 1.82) is 0 Å². The maximum atomic E-state index is 1.75. The standard InChI is InChI=1S/H20Si9/c1-8(2)6-7-9(3,4)5/h8H,6-7H2,1-5H3. The largest absolute Gasteiger partial charge is 0.0115 e. The van der Waals surface area contributed by atoms with E-state index in [2.05, 4.69) is 0 Å². The Balaban J connectivity index is 3.28. The Bertz CT molecular complexity index is 64.6. The van der Waals surface area contributed by atoms with Crippen LogP contribution < -0.4 is 0 Å². The van der Waals surface area contributed by atoms with Crippen LogP contribution in [0, 0.1) is 0 Å². The first-order valence-electron chi connectivity index (χ1n) is 3.92. The fourth-order valence-corrected chi connectivity index (χ4v) is 175. The molecule has 0 aliphatic heterocycles. The van der Waals surface area contributed by atoms with Crippen LogP contribution >= 0.6 is 0 Å². The van der Waals surface area contributed by atoms with Crippen LogP contribution in [0.25, 0.3) is 0 Å². The summed E-state index contributed by atoms with van der Waals surface area (Å²) in [6, 6.07) is 0. The first-order chi connectivity index (χ1) is 3.92. The molecule has 0 bridgehead atoms. The van der Waals surface area contributed by atoms with Gasteiger partial charge in [-0.05, 0) is 79.4 Å². The van der Waals surface area contributed by atoms with E-state index in [-0.39, 0.29) is 6.14 Å². The first kappa shape index (κ1) is 11.0. The number of hydrogen-bond donors (Lipinski definition) is 0. The molecule has 0 atom stereocenters. The summed E-state index contributed by atoms with van der Waals surface area (Å²) in [5, 5.41) is 0. The van der Waals surface area contributed by atoms with Crippen molar-refractivity contribution in [3.05, 3.63) is 0 Å². The molecule has 0 rings (SSSR count). The molecule has 0 radical (unpaired) electrons. The molecule has 0 aromatic heterocycles. The van der Waals surface area contributed by atoms with Crippen LogP contribution in [-0.2, 0) is 0 Å². The molecule has 9 heavy (non-hydrogen) atoms. The second-order valence-corrected chi connectivity index (χ2v) is 121. The van der Waals surface area contributed by atoms with Gasteiger partial charge in [-0.25, -0.2) is 0 Å². The quantitative estimate of drug-likeness (QED) is 0.448. The van der Waals surface area contributed by atoms with E-state index in [1.165, 1.54) is 0 Å². The molecule has 0 aliphatic rings. The van der Waals surface area contributed by atoms with E-state index in [0.717, 1.165) is 17.1 Å². The lowest BCUT2D eigenvalue weighted by molar-refractivity contribution is 3.62. The van der Waals surface area contributed by atoms with Crippen LogP contribution in [0.2, 0.25) is 0 Å². The molecule has 9 heteroatoms. The molecule has 0 amide bonds. The van der Waals surface area contributed by atoms with E-state index in [1.54, 1.807) is 48.8 Å². The fourth-order valence-electron chi connectivity index (χ4n) is 0.722. The summed E-state index contributed by atoms with van der Waals surface area (Å²) in [4.78, 5) is 0. The van der Waals surface area contributed by atoms with Crippen molar-refractivity contribution >= 4 is 79.4 Å². The van der Waals surface area contributed by atoms with Crippen molar-refractivity contribution < 1.29 is 0 Å². The smallest absolute Gasteiger partial charge is 0.00631 e. The molecule has 0 saturated heterocycles. The summed E-state index contributed by atoms with van der Waals surface area (Å²) in [5.41, 5.74) is 0. The van der Waals surface area contributed by atoms with E-state index in [4.69, 9.17) is 0 Å². The van der Waals surface area contributed by atoms with Crippen molar-refractivity contribution in [2.45, 2.75) is 0 Å². The van der Waals surface area contributed by atoms with Gasteiger partial charge in [0.05, 0.1) is 0 Å². The SMILES string of the molecule is [SiH3][SiH]([SiH3])[SiH2][SiH2][Si]([SiH3])([SiH3])[SiH3]. The van der Waals surface area contributed by atoms with Gasteiger partial charge in [0.15, 0.2) is 0 Å². The van der Waals surface area contributed by atoms with Crippen molar-refractivity contribution in [2.75, 3.05) is 0 Å². The van der Waals surface area contributed by atoms with Gasteiger partial charge in [0.2, 0.25) is 0 Å². The van der Waals surface area contributed by atoms with E-state index >= 15 is 0 Å². The molecular weight excluding hydrogens is 253 g/mol. The average molecular weight is 273 g/mol. The van der Waals surface area contributed by atoms with Gasteiger partial charge in [-0.15, -0.1) is 0 Å². The normalized spacial score (nSPS) is 25.3. The molecule has 0 unspecified atom stereocenters. The van der Waals surface area contributed by atoms with Crippen molar-refractivity contribution in [3.63, 3.8) is 0 Å². The lowest BCUT2D eigenvalue weighted by atomic mass is 26.0. The highest BCUT2D eigenvalue weighted by molar-refractivity contribution is 7.89. The zero-order valence-corrected chi connectivity index (χ0v) is 22.5. The molecule has 0 aromatic rings. The van der Waals surface area contributed by atoms with Gasteiger partial charge >= 0.3 is 0 Å². The van der Waals surface area contributed by atoms with Gasteiger partial charge in [-0.1, -0.05) is 0 Å². The molecule has 0 aromatic carbocycles. The van der Waals surface area contributed by atoms with Crippen LogP contribution in [-0.4, -0.2) is 79.4 Å². The third-order valence-corrected chi connectivity index (χ3v) is 119. The fraction of sp³-hybridized carbons (Fsp3) is 0. The zero-order valence-electron chi connectivity index (χ0n) is 7.49. The van der Waals surface area contributed by atoms with Crippen LogP contribution in [0.1, 0.15) is 0 Å². The molecule has 0 N–H and O–H groups in total.